The van der Waals surface area contributed by atoms with E-state index in [4.69, 9.17) is 0 Å². The molecule has 3 aromatic rings. The molecule has 0 spiro atoms. The molecule has 1 amide bonds. The predicted molar refractivity (Wildman–Crippen MR) is 98.0 cm³/mol. The predicted octanol–water partition coefficient (Wildman–Crippen LogP) is 2.44. The Labute approximate surface area is 154 Å². The number of azo groups is 1. The molecule has 4 rings (SSSR count). The molecule has 9 nitrogen and oxygen atoms in total. The van der Waals surface area contributed by atoms with Crippen molar-refractivity contribution in [3.05, 3.63) is 47.5 Å². The highest BCUT2D eigenvalue weighted by atomic mass is 32.2. The summed E-state index contributed by atoms with van der Waals surface area (Å²) in [4.78, 5) is 15.0. The van der Waals surface area contributed by atoms with Crippen molar-refractivity contribution in [3.63, 3.8) is 0 Å². The highest BCUT2D eigenvalue weighted by molar-refractivity contribution is 7.89. The molecule has 0 unspecified atom stereocenters. The second kappa shape index (κ2) is 6.18. The molecule has 1 aliphatic rings. The largest absolute Gasteiger partial charge is 0.493 e. The summed E-state index contributed by atoms with van der Waals surface area (Å²) in [5.74, 6) is -0.427. The van der Waals surface area contributed by atoms with Gasteiger partial charge in [0.15, 0.2) is 5.69 Å². The fraction of sp³-hybridized carbons (Fsp3) is 0.118. The quantitative estimate of drug-likeness (QED) is 0.513. The number of sulfonamides is 1. The first-order valence-corrected chi connectivity index (χ1v) is 9.49. The van der Waals surface area contributed by atoms with Gasteiger partial charge in [0, 0.05) is 11.9 Å². The van der Waals surface area contributed by atoms with E-state index in [0.29, 0.717) is 28.7 Å². The average molecular weight is 385 g/mol. The normalized spacial score (nSPS) is 14.0. The van der Waals surface area contributed by atoms with Crippen molar-refractivity contribution < 1.29 is 18.3 Å². The van der Waals surface area contributed by atoms with Gasteiger partial charge in [0.2, 0.25) is 15.9 Å². The van der Waals surface area contributed by atoms with E-state index < -0.39 is 10.0 Å². The van der Waals surface area contributed by atoms with Gasteiger partial charge in [-0.1, -0.05) is 6.07 Å². The van der Waals surface area contributed by atoms with Gasteiger partial charge in [-0.2, -0.15) is 5.11 Å². The highest BCUT2D eigenvalue weighted by Crippen LogP contribution is 2.40. The summed E-state index contributed by atoms with van der Waals surface area (Å²) in [6.45, 7) is 0.425. The number of hydrogen-bond donors (Lipinski definition) is 4. The number of aromatic amines is 1. The minimum atomic E-state index is -3.53. The summed E-state index contributed by atoms with van der Waals surface area (Å²) in [6, 6.07) is 9.38. The second-order valence-corrected chi connectivity index (χ2v) is 7.82. The summed E-state index contributed by atoms with van der Waals surface area (Å²) < 4.78 is 25.7. The van der Waals surface area contributed by atoms with Crippen LogP contribution in [0.5, 0.6) is 5.88 Å². The zero-order chi connectivity index (χ0) is 19.2. The molecule has 138 valence electrons. The Morgan fingerprint density at radius 3 is 2.56 bits per heavy atom. The number of carbonyl (C=O) groups is 1. The molecule has 0 atom stereocenters. The van der Waals surface area contributed by atoms with E-state index in [-0.39, 0.29) is 22.4 Å². The van der Waals surface area contributed by atoms with Crippen LogP contribution >= 0.6 is 0 Å². The van der Waals surface area contributed by atoms with Gasteiger partial charge in [-0.05, 0) is 42.9 Å². The van der Waals surface area contributed by atoms with Crippen LogP contribution in [0.15, 0.2) is 51.5 Å². The Bertz CT molecular complexity index is 1200. The average Bonchev–Trinajstić information content (AvgIpc) is 3.19. The highest BCUT2D eigenvalue weighted by Gasteiger charge is 2.26. The van der Waals surface area contributed by atoms with Crippen LogP contribution in [0.3, 0.4) is 0 Å². The van der Waals surface area contributed by atoms with Crippen molar-refractivity contribution in [1.29, 1.82) is 0 Å². The number of nitrogens with one attached hydrogen (secondary N) is 3. The number of aromatic hydroxyl groups is 1. The van der Waals surface area contributed by atoms with Crippen molar-refractivity contribution in [2.24, 2.45) is 10.2 Å². The van der Waals surface area contributed by atoms with Crippen LogP contribution in [-0.4, -0.2) is 31.5 Å². The summed E-state index contributed by atoms with van der Waals surface area (Å²) in [6.07, 6.45) is 0. The second-order valence-electron chi connectivity index (χ2n) is 5.93. The maximum Gasteiger partial charge on any atom is 0.252 e. The Morgan fingerprint density at radius 2 is 1.85 bits per heavy atom. The van der Waals surface area contributed by atoms with Crippen LogP contribution in [-0.2, 0) is 16.6 Å². The van der Waals surface area contributed by atoms with Crippen LogP contribution in [0.4, 0.5) is 11.4 Å². The lowest BCUT2D eigenvalue weighted by Crippen LogP contribution is -2.18. The number of benzene rings is 2. The molecule has 0 aliphatic carbocycles. The van der Waals surface area contributed by atoms with Gasteiger partial charge >= 0.3 is 0 Å². The monoisotopic (exact) mass is 385 g/mol. The number of carbonyl (C=O) groups excluding carboxylic acids is 1. The fourth-order valence-electron chi connectivity index (χ4n) is 2.99. The molecular weight excluding hydrogens is 370 g/mol. The van der Waals surface area contributed by atoms with Crippen LogP contribution in [0.25, 0.3) is 10.9 Å². The molecule has 0 saturated carbocycles. The van der Waals surface area contributed by atoms with Crippen molar-refractivity contribution >= 4 is 38.2 Å². The molecule has 1 aliphatic heterocycles. The van der Waals surface area contributed by atoms with Gasteiger partial charge in [-0.15, -0.1) is 5.11 Å². The van der Waals surface area contributed by atoms with Crippen molar-refractivity contribution in [2.45, 2.75) is 11.4 Å². The van der Waals surface area contributed by atoms with Gasteiger partial charge in [-0.3, -0.25) is 4.79 Å². The molecule has 10 heteroatoms. The zero-order valence-electron chi connectivity index (χ0n) is 14.1. The Balaban J connectivity index is 1.75. The number of H-pyrrole nitrogens is 1. The third kappa shape index (κ3) is 2.84. The topological polar surface area (TPSA) is 136 Å². The van der Waals surface area contributed by atoms with E-state index >= 15 is 0 Å². The number of nitrogens with zero attached hydrogens (tertiary/aromatic N) is 2. The number of fused-ring (bicyclic) bond motifs is 3. The Hall–Kier alpha value is -3.24. The molecule has 0 saturated heterocycles. The standard InChI is InChI=1S/C17H15N5O4S/c1-18-27(25,26)11-5-3-10(4-6-11)21-22-15-14-12(20-17(15)24)7-2-9-8-19-16(23)13(9)14/h2-7,18,20,24H,8H2,1H3,(H,19,23). The Kier molecular flexibility index (Phi) is 3.93. The summed E-state index contributed by atoms with van der Waals surface area (Å²) >= 11 is 0. The van der Waals surface area contributed by atoms with Crippen LogP contribution in [0.2, 0.25) is 0 Å². The first kappa shape index (κ1) is 17.2. The van der Waals surface area contributed by atoms with Crippen molar-refractivity contribution in [1.82, 2.24) is 15.0 Å². The lowest BCUT2D eigenvalue weighted by Gasteiger charge is -2.02. The molecule has 1 aromatic heterocycles. The van der Waals surface area contributed by atoms with E-state index in [1.54, 1.807) is 6.07 Å². The van der Waals surface area contributed by atoms with E-state index in [1.165, 1.54) is 31.3 Å². The van der Waals surface area contributed by atoms with Gasteiger partial charge in [0.05, 0.1) is 21.7 Å². The van der Waals surface area contributed by atoms with E-state index in [1.807, 2.05) is 6.07 Å². The molecule has 2 heterocycles. The third-order valence-corrected chi connectivity index (χ3v) is 5.78. The fourth-order valence-corrected chi connectivity index (χ4v) is 3.72. The van der Waals surface area contributed by atoms with Gasteiger partial charge in [-0.25, -0.2) is 13.1 Å². The number of amides is 1. The van der Waals surface area contributed by atoms with Gasteiger partial charge in [0.25, 0.3) is 5.91 Å². The molecule has 27 heavy (non-hydrogen) atoms. The number of aromatic nitrogens is 1. The smallest absolute Gasteiger partial charge is 0.252 e. The number of rotatable bonds is 4. The van der Waals surface area contributed by atoms with Crippen molar-refractivity contribution in [3.8, 4) is 5.88 Å². The lowest BCUT2D eigenvalue weighted by molar-refractivity contribution is 0.0967. The SMILES string of the molecule is CNS(=O)(=O)c1ccc(N=Nc2c(O)[nH]c3ccc4c(c23)C(=O)NC4)cc1. The van der Waals surface area contributed by atoms with E-state index in [9.17, 15) is 18.3 Å². The molecular formula is C17H15N5O4S. The summed E-state index contributed by atoms with van der Waals surface area (Å²) in [7, 11) is -2.20. The minimum Gasteiger partial charge on any atom is -0.493 e. The molecule has 0 bridgehead atoms. The Morgan fingerprint density at radius 1 is 1.11 bits per heavy atom. The minimum absolute atomic E-state index is 0.105. The zero-order valence-corrected chi connectivity index (χ0v) is 15.0. The molecule has 4 N–H and O–H groups in total. The number of hydrogen-bond acceptors (Lipinski definition) is 6. The molecule has 0 fully saturated rings. The van der Waals surface area contributed by atoms with Crippen molar-refractivity contribution in [2.75, 3.05) is 7.05 Å². The van der Waals surface area contributed by atoms with E-state index in [2.05, 4.69) is 25.3 Å². The summed E-state index contributed by atoms with van der Waals surface area (Å²) in [5.41, 5.74) is 2.42. The summed E-state index contributed by atoms with van der Waals surface area (Å²) in [5, 5.41) is 21.6. The molecule has 0 radical (unpaired) electrons. The first-order chi connectivity index (χ1) is 12.9. The maximum absolute atomic E-state index is 12.1. The van der Waals surface area contributed by atoms with Gasteiger partial charge < -0.3 is 15.4 Å². The van der Waals surface area contributed by atoms with Crippen LogP contribution in [0.1, 0.15) is 15.9 Å². The lowest BCUT2D eigenvalue weighted by atomic mass is 10.0. The third-order valence-electron chi connectivity index (χ3n) is 4.35. The van der Waals surface area contributed by atoms with Gasteiger partial charge in [0.1, 0.15) is 0 Å². The first-order valence-electron chi connectivity index (χ1n) is 8.01. The van der Waals surface area contributed by atoms with E-state index in [0.717, 1.165) is 5.56 Å². The van der Waals surface area contributed by atoms with Crippen LogP contribution < -0.4 is 10.0 Å². The maximum atomic E-state index is 12.1. The van der Waals surface area contributed by atoms with Crippen LogP contribution in [0, 0.1) is 0 Å². The molecule has 2 aromatic carbocycles.